The topological polar surface area (TPSA) is 54.9 Å². The molecule has 2 heterocycles. The van der Waals surface area contributed by atoms with Crippen LogP contribution in [0.1, 0.15) is 10.4 Å². The van der Waals surface area contributed by atoms with E-state index in [0.29, 0.717) is 5.13 Å². The zero-order valence-corrected chi connectivity index (χ0v) is 16.3. The molecule has 0 fully saturated rings. The average Bonchev–Trinajstić information content (AvgIpc) is 3.21. The molecule has 1 N–H and O–H groups in total. The van der Waals surface area contributed by atoms with Gasteiger partial charge in [-0.25, -0.2) is 0 Å². The van der Waals surface area contributed by atoms with Crippen LogP contribution in [0.4, 0.5) is 5.13 Å². The van der Waals surface area contributed by atoms with Crippen LogP contribution in [0.3, 0.4) is 0 Å². The third kappa shape index (κ3) is 5.27. The predicted molar refractivity (Wildman–Crippen MR) is 106 cm³/mol. The van der Waals surface area contributed by atoms with Crippen LogP contribution in [0.25, 0.3) is 6.08 Å². The first-order chi connectivity index (χ1) is 11.7. The van der Waals surface area contributed by atoms with Gasteiger partial charge in [-0.1, -0.05) is 53.4 Å². The summed E-state index contributed by atoms with van der Waals surface area (Å²) in [6.07, 6.45) is 3.27. The number of carbonyl (C=O) groups is 1. The van der Waals surface area contributed by atoms with Crippen LogP contribution >= 0.6 is 50.4 Å². The van der Waals surface area contributed by atoms with Gasteiger partial charge in [-0.05, 0) is 39.7 Å². The van der Waals surface area contributed by atoms with Crippen LogP contribution in [0.5, 0.6) is 0 Å². The number of hydrogen-bond acceptors (Lipinski definition) is 6. The Morgan fingerprint density at radius 2 is 2.00 bits per heavy atom. The van der Waals surface area contributed by atoms with Crippen LogP contribution in [0.2, 0.25) is 0 Å². The molecule has 1 aromatic carbocycles. The molecule has 2 aromatic heterocycles. The number of hydrogen-bond donors (Lipinski definition) is 1. The number of benzene rings is 1. The number of thioether (sulfide) groups is 1. The molecule has 0 bridgehead atoms. The maximum absolute atomic E-state index is 11.9. The first-order valence-corrected chi connectivity index (χ1v) is 10.3. The Balaban J connectivity index is 1.52. The smallest absolute Gasteiger partial charge is 0.250 e. The van der Waals surface area contributed by atoms with Gasteiger partial charge in [0.1, 0.15) is 0 Å². The Bertz CT molecular complexity index is 845. The molecule has 0 aliphatic carbocycles. The molecule has 0 spiro atoms. The molecule has 0 unspecified atom stereocenters. The van der Waals surface area contributed by atoms with Gasteiger partial charge >= 0.3 is 0 Å². The van der Waals surface area contributed by atoms with E-state index in [2.05, 4.69) is 43.6 Å². The van der Waals surface area contributed by atoms with Crippen LogP contribution in [0.15, 0.2) is 56.7 Å². The lowest BCUT2D eigenvalue weighted by atomic mass is 10.2. The van der Waals surface area contributed by atoms with Crippen LogP contribution in [0, 0.1) is 0 Å². The van der Waals surface area contributed by atoms with E-state index in [9.17, 15) is 4.79 Å². The highest BCUT2D eigenvalue weighted by Crippen LogP contribution is 2.28. The first-order valence-electron chi connectivity index (χ1n) is 6.94. The third-order valence-corrected chi connectivity index (χ3v) is 6.47. The van der Waals surface area contributed by atoms with Crippen molar-refractivity contribution in [2.75, 3.05) is 5.32 Å². The van der Waals surface area contributed by atoms with Crippen LogP contribution < -0.4 is 5.32 Å². The molecule has 3 aromatic rings. The molecular formula is C16H12BrN3OS3. The minimum Gasteiger partial charge on any atom is -0.297 e. The molecule has 3 rings (SSSR count). The SMILES string of the molecule is O=C(/C=C/c1ccc(Br)s1)Nc1nnc(SCc2ccccc2)s1. The van der Waals surface area contributed by atoms with E-state index in [0.717, 1.165) is 18.8 Å². The van der Waals surface area contributed by atoms with Crippen molar-refractivity contribution in [2.24, 2.45) is 0 Å². The summed E-state index contributed by atoms with van der Waals surface area (Å²) in [5.41, 5.74) is 1.23. The third-order valence-electron chi connectivity index (χ3n) is 2.83. The fourth-order valence-corrected chi connectivity index (χ4v) is 4.80. The second kappa shape index (κ2) is 8.57. The maximum atomic E-state index is 11.9. The Morgan fingerprint density at radius 3 is 2.75 bits per heavy atom. The van der Waals surface area contributed by atoms with Gasteiger partial charge < -0.3 is 0 Å². The highest BCUT2D eigenvalue weighted by atomic mass is 79.9. The monoisotopic (exact) mass is 437 g/mol. The number of amides is 1. The molecule has 24 heavy (non-hydrogen) atoms. The number of nitrogens with one attached hydrogen (secondary N) is 1. The minimum atomic E-state index is -0.213. The highest BCUT2D eigenvalue weighted by Gasteiger charge is 2.07. The summed E-state index contributed by atoms with van der Waals surface area (Å²) in [4.78, 5) is 12.9. The largest absolute Gasteiger partial charge is 0.297 e. The molecule has 0 aliphatic heterocycles. The summed E-state index contributed by atoms with van der Waals surface area (Å²) < 4.78 is 1.87. The molecule has 0 saturated carbocycles. The number of anilines is 1. The molecule has 122 valence electrons. The van der Waals surface area contributed by atoms with Crippen molar-refractivity contribution in [1.29, 1.82) is 0 Å². The minimum absolute atomic E-state index is 0.213. The predicted octanol–water partition coefficient (Wildman–Crippen LogP) is 5.31. The first kappa shape index (κ1) is 17.3. The second-order valence-corrected chi connectivity index (χ2v) is 9.31. The summed E-state index contributed by atoms with van der Waals surface area (Å²) in [5, 5.41) is 11.3. The Morgan fingerprint density at radius 1 is 1.17 bits per heavy atom. The number of aromatic nitrogens is 2. The fourth-order valence-electron chi connectivity index (χ4n) is 1.76. The van der Waals surface area contributed by atoms with E-state index in [1.54, 1.807) is 29.2 Å². The molecule has 4 nitrogen and oxygen atoms in total. The Labute approximate surface area is 160 Å². The van der Waals surface area contributed by atoms with E-state index >= 15 is 0 Å². The van der Waals surface area contributed by atoms with Crippen molar-refractivity contribution in [1.82, 2.24) is 10.2 Å². The van der Waals surface area contributed by atoms with Crippen molar-refractivity contribution in [3.05, 3.63) is 62.8 Å². The highest BCUT2D eigenvalue weighted by molar-refractivity contribution is 9.11. The molecule has 1 amide bonds. The van der Waals surface area contributed by atoms with E-state index < -0.39 is 0 Å². The van der Waals surface area contributed by atoms with Gasteiger partial charge in [0.15, 0.2) is 4.34 Å². The summed E-state index contributed by atoms with van der Waals surface area (Å²) in [5.74, 6) is 0.617. The van der Waals surface area contributed by atoms with Gasteiger partial charge in [0.25, 0.3) is 0 Å². The fraction of sp³-hybridized carbons (Fsp3) is 0.0625. The Kier molecular flexibility index (Phi) is 6.19. The van der Waals surface area contributed by atoms with Crippen LogP contribution in [-0.2, 0) is 10.5 Å². The van der Waals surface area contributed by atoms with Gasteiger partial charge in [-0.3, -0.25) is 10.1 Å². The van der Waals surface area contributed by atoms with Gasteiger partial charge in [0.05, 0.1) is 3.79 Å². The number of carbonyl (C=O) groups excluding carboxylic acids is 1. The van der Waals surface area contributed by atoms with Crippen molar-refractivity contribution in [3.8, 4) is 0 Å². The van der Waals surface area contributed by atoms with Gasteiger partial charge in [-0.15, -0.1) is 21.5 Å². The summed E-state index contributed by atoms with van der Waals surface area (Å²) >= 11 is 7.94. The van der Waals surface area contributed by atoms with E-state index in [4.69, 9.17) is 0 Å². The van der Waals surface area contributed by atoms with Gasteiger partial charge in [0, 0.05) is 16.7 Å². The summed E-state index contributed by atoms with van der Waals surface area (Å²) in [6.45, 7) is 0. The zero-order chi connectivity index (χ0) is 16.8. The molecule has 0 saturated heterocycles. The van der Waals surface area contributed by atoms with Crippen molar-refractivity contribution in [3.63, 3.8) is 0 Å². The summed E-state index contributed by atoms with van der Waals surface area (Å²) in [6, 6.07) is 14.1. The molecular weight excluding hydrogens is 426 g/mol. The summed E-state index contributed by atoms with van der Waals surface area (Å²) in [7, 11) is 0. The lowest BCUT2D eigenvalue weighted by Gasteiger charge is -1.97. The lowest BCUT2D eigenvalue weighted by molar-refractivity contribution is -0.111. The number of halogens is 1. The normalized spacial score (nSPS) is 11.0. The molecule has 0 radical (unpaired) electrons. The van der Waals surface area contributed by atoms with Crippen LogP contribution in [-0.4, -0.2) is 16.1 Å². The van der Waals surface area contributed by atoms with Crippen molar-refractivity contribution < 1.29 is 4.79 Å². The van der Waals surface area contributed by atoms with Crippen molar-refractivity contribution in [2.45, 2.75) is 10.1 Å². The lowest BCUT2D eigenvalue weighted by Crippen LogP contribution is -2.07. The molecule has 0 aliphatic rings. The molecule has 0 atom stereocenters. The zero-order valence-electron chi connectivity index (χ0n) is 12.3. The second-order valence-electron chi connectivity index (χ2n) is 4.61. The number of thiophene rings is 1. The quantitative estimate of drug-likeness (QED) is 0.322. The van der Waals surface area contributed by atoms with E-state index in [1.165, 1.54) is 23.0 Å². The number of nitrogens with zero attached hydrogens (tertiary/aromatic N) is 2. The maximum Gasteiger partial charge on any atom is 0.250 e. The van der Waals surface area contributed by atoms with E-state index in [-0.39, 0.29) is 5.91 Å². The standard InChI is InChI=1S/C16H12BrN3OS3/c17-13-8-6-12(23-13)7-9-14(21)18-15-19-20-16(24-15)22-10-11-4-2-1-3-5-11/h1-9H,10H2,(H,18,19,21)/b9-7+. The van der Waals surface area contributed by atoms with E-state index in [1.807, 2.05) is 30.3 Å². The van der Waals surface area contributed by atoms with Gasteiger partial charge in [0.2, 0.25) is 11.0 Å². The molecule has 8 heteroatoms. The van der Waals surface area contributed by atoms with Crippen molar-refractivity contribution >= 4 is 67.5 Å². The average molecular weight is 438 g/mol. The van der Waals surface area contributed by atoms with Gasteiger partial charge in [-0.2, -0.15) is 0 Å². The Hall–Kier alpha value is -1.48. The number of rotatable bonds is 6.